The van der Waals surface area contributed by atoms with E-state index in [1.807, 2.05) is 0 Å². The number of carbonyl (C=O) groups is 2. The van der Waals surface area contributed by atoms with Gasteiger partial charge in [0.1, 0.15) is 6.04 Å². The van der Waals surface area contributed by atoms with Crippen LogP contribution in [0.15, 0.2) is 18.2 Å². The Morgan fingerprint density at radius 3 is 2.68 bits per heavy atom. The van der Waals surface area contributed by atoms with Crippen molar-refractivity contribution in [2.75, 3.05) is 5.32 Å². The molecule has 1 aromatic carbocycles. The molecule has 1 saturated carbocycles. The summed E-state index contributed by atoms with van der Waals surface area (Å²) in [6, 6.07) is 4.33. The van der Waals surface area contributed by atoms with Crippen molar-refractivity contribution in [1.29, 1.82) is 0 Å². The highest BCUT2D eigenvalue weighted by atomic mass is 16.4. The van der Waals surface area contributed by atoms with Crippen molar-refractivity contribution in [1.82, 2.24) is 0 Å². The van der Waals surface area contributed by atoms with Gasteiger partial charge in [0.15, 0.2) is 0 Å². The van der Waals surface area contributed by atoms with Crippen molar-refractivity contribution in [3.05, 3.63) is 29.3 Å². The summed E-state index contributed by atoms with van der Waals surface area (Å²) in [7, 11) is 0. The second-order valence-corrected chi connectivity index (χ2v) is 5.27. The third kappa shape index (κ3) is 1.85. The summed E-state index contributed by atoms with van der Waals surface area (Å²) < 4.78 is 0. The van der Waals surface area contributed by atoms with E-state index < -0.39 is 18.0 Å². The molecule has 2 aliphatic rings. The van der Waals surface area contributed by atoms with Gasteiger partial charge in [0, 0.05) is 5.69 Å². The summed E-state index contributed by atoms with van der Waals surface area (Å²) in [5.74, 6) is -1.55. The molecule has 0 radical (unpaired) electrons. The van der Waals surface area contributed by atoms with E-state index in [-0.39, 0.29) is 17.4 Å². The zero-order valence-electron chi connectivity index (χ0n) is 10.3. The fraction of sp³-hybridized carbons (Fsp3) is 0.429. The highest BCUT2D eigenvalue weighted by molar-refractivity contribution is 5.89. The first-order chi connectivity index (χ1) is 9.08. The van der Waals surface area contributed by atoms with Crippen LogP contribution in [0.25, 0.3) is 0 Å². The first-order valence-corrected chi connectivity index (χ1v) is 6.44. The normalized spacial score (nSPS) is 28.1. The van der Waals surface area contributed by atoms with E-state index in [4.69, 9.17) is 5.11 Å². The van der Waals surface area contributed by atoms with Gasteiger partial charge in [-0.05, 0) is 48.4 Å². The lowest BCUT2D eigenvalue weighted by Crippen LogP contribution is -2.41. The number of anilines is 1. The predicted molar refractivity (Wildman–Crippen MR) is 68.5 cm³/mol. The van der Waals surface area contributed by atoms with Gasteiger partial charge in [-0.1, -0.05) is 6.42 Å². The van der Waals surface area contributed by atoms with Crippen molar-refractivity contribution in [2.24, 2.45) is 5.92 Å². The number of rotatable bonds is 2. The number of hydrogen-bond acceptors (Lipinski definition) is 3. The number of hydrogen-bond donors (Lipinski definition) is 3. The third-order valence-electron chi connectivity index (χ3n) is 4.27. The van der Waals surface area contributed by atoms with Gasteiger partial charge in [-0.2, -0.15) is 0 Å². The molecule has 1 heterocycles. The van der Waals surface area contributed by atoms with E-state index in [9.17, 15) is 14.7 Å². The summed E-state index contributed by atoms with van der Waals surface area (Å²) >= 11 is 0. The Bertz CT molecular complexity index is 554. The minimum absolute atomic E-state index is 0.0639. The molecule has 5 heteroatoms. The van der Waals surface area contributed by atoms with E-state index in [0.717, 1.165) is 30.5 Å². The molecule has 0 spiro atoms. The Morgan fingerprint density at radius 1 is 1.21 bits per heavy atom. The van der Waals surface area contributed by atoms with E-state index in [1.54, 1.807) is 12.1 Å². The van der Waals surface area contributed by atoms with Gasteiger partial charge in [-0.15, -0.1) is 0 Å². The van der Waals surface area contributed by atoms with Gasteiger partial charge in [0.25, 0.3) is 0 Å². The highest BCUT2D eigenvalue weighted by Crippen LogP contribution is 2.48. The molecule has 3 rings (SSSR count). The largest absolute Gasteiger partial charge is 0.480 e. The van der Waals surface area contributed by atoms with Crippen LogP contribution in [-0.4, -0.2) is 28.2 Å². The Labute approximate surface area is 110 Å². The second-order valence-electron chi connectivity index (χ2n) is 5.27. The molecule has 0 amide bonds. The average Bonchev–Trinajstić information content (AvgIpc) is 2.86. The van der Waals surface area contributed by atoms with E-state index >= 15 is 0 Å². The van der Waals surface area contributed by atoms with Crippen molar-refractivity contribution >= 4 is 17.6 Å². The minimum Gasteiger partial charge on any atom is -0.480 e. The van der Waals surface area contributed by atoms with E-state index in [0.29, 0.717) is 0 Å². The molecule has 0 aromatic heterocycles. The summed E-state index contributed by atoms with van der Waals surface area (Å²) in [5, 5.41) is 21.4. The molecular formula is C14H15NO4. The van der Waals surface area contributed by atoms with Crippen LogP contribution in [-0.2, 0) is 4.79 Å². The van der Waals surface area contributed by atoms with Gasteiger partial charge in [-0.25, -0.2) is 9.59 Å². The lowest BCUT2D eigenvalue weighted by atomic mass is 9.79. The Balaban J connectivity index is 2.06. The maximum Gasteiger partial charge on any atom is 0.335 e. The smallest absolute Gasteiger partial charge is 0.335 e. The van der Waals surface area contributed by atoms with Gasteiger partial charge >= 0.3 is 11.9 Å². The molecule has 1 aromatic rings. The van der Waals surface area contributed by atoms with Crippen LogP contribution in [0.1, 0.15) is 41.1 Å². The van der Waals surface area contributed by atoms with Gasteiger partial charge in [-0.3, -0.25) is 0 Å². The van der Waals surface area contributed by atoms with Crippen LogP contribution in [0.2, 0.25) is 0 Å². The molecular weight excluding hydrogens is 246 g/mol. The maximum absolute atomic E-state index is 11.3. The van der Waals surface area contributed by atoms with Gasteiger partial charge < -0.3 is 15.5 Å². The molecule has 100 valence electrons. The second kappa shape index (κ2) is 4.26. The monoisotopic (exact) mass is 261 g/mol. The van der Waals surface area contributed by atoms with Crippen LogP contribution >= 0.6 is 0 Å². The zero-order chi connectivity index (χ0) is 13.6. The lowest BCUT2D eigenvalue weighted by molar-refractivity contribution is -0.139. The summed E-state index contributed by atoms with van der Waals surface area (Å²) in [6.45, 7) is 0. The number of aromatic carboxylic acids is 1. The number of carboxylic acid groups (broad SMARTS) is 2. The standard InChI is InChI=1S/C14H15NO4/c16-13(17)7-4-5-11-10(6-7)8-2-1-3-9(8)12(15-11)14(18)19/h4-6,8-9,12,15H,1-3H2,(H,16,17)(H,18,19). The SMILES string of the molecule is O=C(O)c1ccc2c(c1)C1CCCC1C(C(=O)O)N2. The van der Waals surface area contributed by atoms with Crippen LogP contribution in [0.3, 0.4) is 0 Å². The zero-order valence-corrected chi connectivity index (χ0v) is 10.3. The molecule has 0 bridgehead atoms. The first-order valence-electron chi connectivity index (χ1n) is 6.44. The number of benzene rings is 1. The molecule has 3 unspecified atom stereocenters. The molecule has 3 N–H and O–H groups in total. The first kappa shape index (κ1) is 12.0. The van der Waals surface area contributed by atoms with Crippen LogP contribution in [0.4, 0.5) is 5.69 Å². The van der Waals surface area contributed by atoms with E-state index in [2.05, 4.69) is 5.32 Å². The summed E-state index contributed by atoms with van der Waals surface area (Å²) in [4.78, 5) is 22.4. The number of aliphatic carboxylic acids is 1. The number of nitrogens with one attached hydrogen (secondary N) is 1. The van der Waals surface area contributed by atoms with Crippen LogP contribution in [0, 0.1) is 5.92 Å². The molecule has 0 saturated heterocycles. The topological polar surface area (TPSA) is 86.6 Å². The van der Waals surface area contributed by atoms with Crippen molar-refractivity contribution in [3.8, 4) is 0 Å². The fourth-order valence-corrected chi connectivity index (χ4v) is 3.43. The lowest BCUT2D eigenvalue weighted by Gasteiger charge is -2.35. The highest BCUT2D eigenvalue weighted by Gasteiger charge is 2.42. The van der Waals surface area contributed by atoms with E-state index in [1.165, 1.54) is 6.07 Å². The van der Waals surface area contributed by atoms with Gasteiger partial charge in [0.05, 0.1) is 5.56 Å². The molecule has 1 aliphatic heterocycles. The minimum atomic E-state index is -0.947. The summed E-state index contributed by atoms with van der Waals surface area (Å²) in [5.41, 5.74) is 1.99. The molecule has 5 nitrogen and oxygen atoms in total. The Hall–Kier alpha value is -2.04. The van der Waals surface area contributed by atoms with Gasteiger partial charge in [0.2, 0.25) is 0 Å². The quantitative estimate of drug-likeness (QED) is 0.759. The predicted octanol–water partition coefficient (Wildman–Crippen LogP) is 2.15. The average molecular weight is 261 g/mol. The van der Waals surface area contributed by atoms with Crippen LogP contribution in [0.5, 0.6) is 0 Å². The van der Waals surface area contributed by atoms with Crippen molar-refractivity contribution in [3.63, 3.8) is 0 Å². The molecule has 3 atom stereocenters. The molecule has 1 fully saturated rings. The number of carboxylic acids is 2. The molecule has 1 aliphatic carbocycles. The fourth-order valence-electron chi connectivity index (χ4n) is 3.43. The van der Waals surface area contributed by atoms with Crippen LogP contribution < -0.4 is 5.32 Å². The summed E-state index contributed by atoms with van der Waals surface area (Å²) in [6.07, 6.45) is 2.81. The molecule has 19 heavy (non-hydrogen) atoms. The maximum atomic E-state index is 11.3. The van der Waals surface area contributed by atoms with Crippen molar-refractivity contribution in [2.45, 2.75) is 31.2 Å². The third-order valence-corrected chi connectivity index (χ3v) is 4.27. The Kier molecular flexibility index (Phi) is 2.69. The Morgan fingerprint density at radius 2 is 2.00 bits per heavy atom. The van der Waals surface area contributed by atoms with Crippen molar-refractivity contribution < 1.29 is 19.8 Å². The number of fused-ring (bicyclic) bond motifs is 3.